The van der Waals surface area contributed by atoms with Gasteiger partial charge in [0.25, 0.3) is 0 Å². The summed E-state index contributed by atoms with van der Waals surface area (Å²) in [5, 5.41) is 0. The molecular weight excluding hydrogens is 260 g/mol. The van der Waals surface area contributed by atoms with Crippen LogP contribution in [-0.2, 0) is 21.4 Å². The normalized spacial score (nSPS) is 34.7. The molecule has 2 aliphatic rings. The first-order valence-electron chi connectivity index (χ1n) is 8.15. The second kappa shape index (κ2) is 5.15. The minimum atomic E-state index is -0.0550. The van der Waals surface area contributed by atoms with Crippen LogP contribution in [0.15, 0.2) is 24.3 Å². The molecule has 0 heterocycles. The second-order valence-corrected chi connectivity index (χ2v) is 7.43. The minimum Gasteiger partial charge on any atom is -0.469 e. The van der Waals surface area contributed by atoms with Gasteiger partial charge in [0.15, 0.2) is 0 Å². The fourth-order valence-corrected chi connectivity index (χ4v) is 5.18. The number of hydrogen-bond donors (Lipinski definition) is 0. The summed E-state index contributed by atoms with van der Waals surface area (Å²) in [5.74, 6) is 0.522. The fraction of sp³-hybridized carbons (Fsp3) is 0.632. The zero-order chi connectivity index (χ0) is 15.1. The van der Waals surface area contributed by atoms with Crippen LogP contribution in [0.5, 0.6) is 0 Å². The Morgan fingerprint density at radius 3 is 2.81 bits per heavy atom. The SMILES string of the molecule is COC(=O)C[C@]1(C)CCC[C@@]2(C)c3ccccc3CC[C@H]12. The predicted octanol–water partition coefficient (Wildman–Crippen LogP) is 4.26. The molecule has 114 valence electrons. The van der Waals surface area contributed by atoms with Gasteiger partial charge in [0, 0.05) is 0 Å². The standard InChI is InChI=1S/C19H26O2/c1-18(13-17(20)21-3)11-6-12-19(2)15-8-5-4-7-14(15)9-10-16(18)19/h4-5,7-8,16H,6,9-13H2,1-3H3/t16-,18+,19+/m1/s1. The van der Waals surface area contributed by atoms with Crippen molar-refractivity contribution in [3.8, 4) is 0 Å². The first kappa shape index (κ1) is 14.6. The van der Waals surface area contributed by atoms with E-state index in [1.165, 1.54) is 37.5 Å². The van der Waals surface area contributed by atoms with E-state index in [2.05, 4.69) is 38.1 Å². The molecule has 21 heavy (non-hydrogen) atoms. The van der Waals surface area contributed by atoms with E-state index >= 15 is 0 Å². The molecule has 0 saturated heterocycles. The van der Waals surface area contributed by atoms with Gasteiger partial charge in [0.2, 0.25) is 0 Å². The monoisotopic (exact) mass is 286 g/mol. The Labute approximate surface area is 127 Å². The van der Waals surface area contributed by atoms with Gasteiger partial charge in [0.1, 0.15) is 0 Å². The van der Waals surface area contributed by atoms with Crippen molar-refractivity contribution >= 4 is 5.97 Å². The smallest absolute Gasteiger partial charge is 0.306 e. The molecule has 2 nitrogen and oxygen atoms in total. The molecule has 1 aromatic rings. The number of fused-ring (bicyclic) bond motifs is 3. The summed E-state index contributed by atoms with van der Waals surface area (Å²) in [5.41, 5.74) is 3.33. The van der Waals surface area contributed by atoms with Crippen molar-refractivity contribution in [2.75, 3.05) is 7.11 Å². The maximum atomic E-state index is 11.9. The molecule has 0 spiro atoms. The molecule has 0 unspecified atom stereocenters. The zero-order valence-corrected chi connectivity index (χ0v) is 13.4. The molecule has 0 aromatic heterocycles. The Kier molecular flexibility index (Phi) is 3.59. The highest BCUT2D eigenvalue weighted by atomic mass is 16.5. The summed E-state index contributed by atoms with van der Waals surface area (Å²) in [6, 6.07) is 8.91. The summed E-state index contributed by atoms with van der Waals surface area (Å²) >= 11 is 0. The Morgan fingerprint density at radius 2 is 2.05 bits per heavy atom. The lowest BCUT2D eigenvalue weighted by Gasteiger charge is -2.55. The van der Waals surface area contributed by atoms with E-state index in [4.69, 9.17) is 4.74 Å². The van der Waals surface area contributed by atoms with Crippen molar-refractivity contribution in [2.45, 2.75) is 57.8 Å². The maximum absolute atomic E-state index is 11.9. The lowest BCUT2D eigenvalue weighted by atomic mass is 9.49. The quantitative estimate of drug-likeness (QED) is 0.759. The number of rotatable bonds is 2. The Morgan fingerprint density at radius 1 is 1.29 bits per heavy atom. The Bertz CT molecular complexity index is 550. The zero-order valence-electron chi connectivity index (χ0n) is 13.4. The summed E-state index contributed by atoms with van der Waals surface area (Å²) in [6.45, 7) is 4.73. The molecule has 2 aliphatic carbocycles. The molecule has 0 aliphatic heterocycles. The van der Waals surface area contributed by atoms with E-state index < -0.39 is 0 Å². The average molecular weight is 286 g/mol. The lowest BCUT2D eigenvalue weighted by Crippen LogP contribution is -2.49. The van der Waals surface area contributed by atoms with Crippen LogP contribution in [0.1, 0.15) is 57.1 Å². The van der Waals surface area contributed by atoms with Crippen LogP contribution >= 0.6 is 0 Å². The van der Waals surface area contributed by atoms with Crippen LogP contribution in [0, 0.1) is 11.3 Å². The number of carbonyl (C=O) groups is 1. The predicted molar refractivity (Wildman–Crippen MR) is 84.2 cm³/mol. The largest absolute Gasteiger partial charge is 0.469 e. The van der Waals surface area contributed by atoms with E-state index in [9.17, 15) is 4.79 Å². The van der Waals surface area contributed by atoms with Crippen LogP contribution < -0.4 is 0 Å². The van der Waals surface area contributed by atoms with Crippen molar-refractivity contribution in [3.63, 3.8) is 0 Å². The van der Waals surface area contributed by atoms with Gasteiger partial charge in [-0.15, -0.1) is 0 Å². The van der Waals surface area contributed by atoms with Gasteiger partial charge in [-0.05, 0) is 53.6 Å². The third-order valence-electron chi connectivity index (χ3n) is 6.17. The van der Waals surface area contributed by atoms with Gasteiger partial charge < -0.3 is 4.74 Å². The number of carbonyl (C=O) groups excluding carboxylic acids is 1. The summed E-state index contributed by atoms with van der Waals surface area (Å²) in [7, 11) is 1.50. The van der Waals surface area contributed by atoms with Gasteiger partial charge in [-0.2, -0.15) is 0 Å². The molecule has 0 N–H and O–H groups in total. The molecule has 0 radical (unpaired) electrons. The third-order valence-corrected chi connectivity index (χ3v) is 6.17. The third kappa shape index (κ3) is 2.29. The van der Waals surface area contributed by atoms with E-state index in [0.717, 1.165) is 12.8 Å². The Hall–Kier alpha value is -1.31. The molecule has 0 amide bonds. The molecule has 3 atom stereocenters. The van der Waals surface area contributed by atoms with Gasteiger partial charge in [-0.25, -0.2) is 0 Å². The highest BCUT2D eigenvalue weighted by Gasteiger charge is 2.52. The fourth-order valence-electron chi connectivity index (χ4n) is 5.18. The van der Waals surface area contributed by atoms with Gasteiger partial charge in [0.05, 0.1) is 13.5 Å². The molecule has 1 saturated carbocycles. The molecule has 3 rings (SSSR count). The summed E-state index contributed by atoms with van der Waals surface area (Å²) in [4.78, 5) is 11.9. The molecule has 0 bridgehead atoms. The molecule has 1 aromatic carbocycles. The van der Waals surface area contributed by atoms with Crippen LogP contribution in [-0.4, -0.2) is 13.1 Å². The van der Waals surface area contributed by atoms with Crippen molar-refractivity contribution in [2.24, 2.45) is 11.3 Å². The van der Waals surface area contributed by atoms with Crippen molar-refractivity contribution in [1.29, 1.82) is 0 Å². The highest BCUT2D eigenvalue weighted by Crippen LogP contribution is 2.58. The lowest BCUT2D eigenvalue weighted by molar-refractivity contribution is -0.146. The van der Waals surface area contributed by atoms with E-state index in [1.54, 1.807) is 0 Å². The number of aryl methyl sites for hydroxylation is 1. The average Bonchev–Trinajstić information content (AvgIpc) is 2.47. The van der Waals surface area contributed by atoms with E-state index in [1.807, 2.05) is 0 Å². The van der Waals surface area contributed by atoms with Crippen molar-refractivity contribution < 1.29 is 9.53 Å². The number of ether oxygens (including phenoxy) is 1. The number of methoxy groups -OCH3 is 1. The topological polar surface area (TPSA) is 26.3 Å². The Balaban J connectivity index is 1.99. The van der Waals surface area contributed by atoms with Gasteiger partial charge >= 0.3 is 5.97 Å². The molecular formula is C19H26O2. The summed E-state index contributed by atoms with van der Waals surface area (Å²) in [6.07, 6.45) is 6.49. The van der Waals surface area contributed by atoms with Crippen molar-refractivity contribution in [3.05, 3.63) is 35.4 Å². The van der Waals surface area contributed by atoms with Gasteiger partial charge in [-0.1, -0.05) is 44.5 Å². The number of benzene rings is 1. The molecule has 1 fully saturated rings. The number of hydrogen-bond acceptors (Lipinski definition) is 2. The first-order chi connectivity index (χ1) is 9.99. The minimum absolute atomic E-state index is 0.0550. The van der Waals surface area contributed by atoms with Crippen molar-refractivity contribution in [1.82, 2.24) is 0 Å². The van der Waals surface area contributed by atoms with Crippen LogP contribution in [0.2, 0.25) is 0 Å². The molecule has 2 heteroatoms. The van der Waals surface area contributed by atoms with E-state index in [0.29, 0.717) is 12.3 Å². The van der Waals surface area contributed by atoms with Crippen LogP contribution in [0.4, 0.5) is 0 Å². The van der Waals surface area contributed by atoms with Gasteiger partial charge in [-0.3, -0.25) is 4.79 Å². The van der Waals surface area contributed by atoms with E-state index in [-0.39, 0.29) is 16.8 Å². The first-order valence-corrected chi connectivity index (χ1v) is 8.15. The maximum Gasteiger partial charge on any atom is 0.306 e. The second-order valence-electron chi connectivity index (χ2n) is 7.43. The summed E-state index contributed by atoms with van der Waals surface area (Å²) < 4.78 is 4.96. The van der Waals surface area contributed by atoms with Crippen LogP contribution in [0.25, 0.3) is 0 Å². The highest BCUT2D eigenvalue weighted by molar-refractivity contribution is 5.70. The number of esters is 1. The van der Waals surface area contributed by atoms with Crippen LogP contribution in [0.3, 0.4) is 0 Å².